The summed E-state index contributed by atoms with van der Waals surface area (Å²) in [6.45, 7) is 9.51. The Morgan fingerprint density at radius 1 is 1.00 bits per heavy atom. The summed E-state index contributed by atoms with van der Waals surface area (Å²) in [5.74, 6) is -1.16. The second-order valence-electron chi connectivity index (χ2n) is 10.2. The quantitative estimate of drug-likeness (QED) is 0.218. The molecule has 4 N–H and O–H groups in total. The average molecular weight is 602 g/mol. The molecule has 13 heteroatoms. The van der Waals surface area contributed by atoms with E-state index in [0.29, 0.717) is 30.2 Å². The number of ether oxygens (including phenoxy) is 1. The van der Waals surface area contributed by atoms with Gasteiger partial charge in [0, 0.05) is 43.7 Å². The summed E-state index contributed by atoms with van der Waals surface area (Å²) in [6.07, 6.45) is 1.34. The van der Waals surface area contributed by atoms with E-state index in [1.165, 1.54) is 48.7 Å². The maximum absolute atomic E-state index is 14.7. The van der Waals surface area contributed by atoms with Gasteiger partial charge in [0.2, 0.25) is 5.91 Å². The number of hydrogen-bond donors (Lipinski definition) is 4. The van der Waals surface area contributed by atoms with E-state index in [9.17, 15) is 26.8 Å². The second-order valence-corrected chi connectivity index (χ2v) is 13.0. The number of benzene rings is 2. The zero-order chi connectivity index (χ0) is 30.9. The molecule has 0 aliphatic rings. The highest BCUT2D eigenvalue weighted by atomic mass is 32.2. The summed E-state index contributed by atoms with van der Waals surface area (Å²) >= 11 is 0. The van der Waals surface area contributed by atoms with Gasteiger partial charge in [0.1, 0.15) is 17.4 Å². The summed E-state index contributed by atoms with van der Waals surface area (Å²) in [7, 11) is -3.46. The van der Waals surface area contributed by atoms with Gasteiger partial charge in [-0.15, -0.1) is 0 Å². The minimum atomic E-state index is -3.46. The van der Waals surface area contributed by atoms with Crippen LogP contribution in [0.2, 0.25) is 0 Å². The first-order valence-electron chi connectivity index (χ1n) is 12.9. The van der Waals surface area contributed by atoms with Crippen molar-refractivity contribution in [3.05, 3.63) is 89.5 Å². The monoisotopic (exact) mass is 601 g/mol. The molecule has 1 aromatic heterocycles. The predicted octanol–water partition coefficient (Wildman–Crippen LogP) is 4.77. The average Bonchev–Trinajstić information content (AvgIpc) is 2.90. The van der Waals surface area contributed by atoms with Crippen molar-refractivity contribution in [1.82, 2.24) is 15.6 Å². The number of hydrogen-bond acceptors (Lipinski definition) is 8. The van der Waals surface area contributed by atoms with Gasteiger partial charge in [-0.1, -0.05) is 18.7 Å². The third kappa shape index (κ3) is 9.35. The number of pyridine rings is 1. The number of urea groups is 1. The molecular weight excluding hydrogens is 568 g/mol. The van der Waals surface area contributed by atoms with E-state index in [4.69, 9.17) is 4.74 Å². The zero-order valence-electron chi connectivity index (χ0n) is 23.5. The van der Waals surface area contributed by atoms with Crippen molar-refractivity contribution in [3.63, 3.8) is 0 Å². The normalized spacial score (nSPS) is 11.5. The van der Waals surface area contributed by atoms with Crippen LogP contribution in [0, 0.1) is 11.6 Å². The van der Waals surface area contributed by atoms with Crippen molar-refractivity contribution in [2.24, 2.45) is 0 Å². The smallest absolute Gasteiger partial charge is 0.325 e. The van der Waals surface area contributed by atoms with Gasteiger partial charge >= 0.3 is 6.03 Å². The van der Waals surface area contributed by atoms with Crippen LogP contribution in [0.5, 0.6) is 11.5 Å². The number of amides is 3. The predicted molar refractivity (Wildman–Crippen MR) is 157 cm³/mol. The lowest BCUT2D eigenvalue weighted by Gasteiger charge is -2.21. The first-order chi connectivity index (χ1) is 19.7. The molecule has 3 aromatic rings. The highest BCUT2D eigenvalue weighted by Gasteiger charge is 2.31. The standard InChI is InChI=1S/C29H33F2N5O5S/c1-19(42(39,40)29(2,3)4)18-32-13-14-34-26-17-23(11-12-33-26)41-25-10-9-22(16-24(25)31)35-28(38)36-27(37)15-20-5-7-21(30)8-6-20/h5-12,16-17,32H,1,13-15,18H2,2-4H3,(H,33,34)(H2,35,36,37,38). The minimum Gasteiger partial charge on any atom is -0.454 e. The van der Waals surface area contributed by atoms with Crippen LogP contribution in [-0.2, 0) is 21.1 Å². The molecule has 10 nitrogen and oxygen atoms in total. The molecular formula is C29H33F2N5O5S. The third-order valence-electron chi connectivity index (χ3n) is 5.80. The van der Waals surface area contributed by atoms with E-state index in [1.54, 1.807) is 26.8 Å². The molecule has 1 heterocycles. The lowest BCUT2D eigenvalue weighted by molar-refractivity contribution is -0.119. The number of nitrogens with zero attached hydrogens (tertiary/aromatic N) is 1. The van der Waals surface area contributed by atoms with Crippen molar-refractivity contribution < 1.29 is 31.5 Å². The van der Waals surface area contributed by atoms with Crippen LogP contribution in [0.1, 0.15) is 26.3 Å². The maximum Gasteiger partial charge on any atom is 0.325 e. The Morgan fingerprint density at radius 2 is 1.71 bits per heavy atom. The molecule has 224 valence electrons. The van der Waals surface area contributed by atoms with Gasteiger partial charge in [0.15, 0.2) is 21.4 Å². The number of nitrogens with one attached hydrogen (secondary N) is 4. The van der Waals surface area contributed by atoms with E-state index in [-0.39, 0.29) is 29.3 Å². The van der Waals surface area contributed by atoms with Crippen molar-refractivity contribution in [1.29, 1.82) is 0 Å². The third-order valence-corrected chi connectivity index (χ3v) is 8.31. The molecule has 0 bridgehead atoms. The molecule has 0 saturated heterocycles. The highest BCUT2D eigenvalue weighted by Crippen LogP contribution is 2.27. The summed E-state index contributed by atoms with van der Waals surface area (Å²) < 4.78 is 57.1. The Labute approximate surface area is 243 Å². The lowest BCUT2D eigenvalue weighted by Crippen LogP contribution is -2.35. The first kappa shape index (κ1) is 32.2. The largest absolute Gasteiger partial charge is 0.454 e. The van der Waals surface area contributed by atoms with Crippen LogP contribution in [0.15, 0.2) is 72.3 Å². The van der Waals surface area contributed by atoms with Gasteiger partial charge in [-0.2, -0.15) is 0 Å². The van der Waals surface area contributed by atoms with Crippen LogP contribution >= 0.6 is 0 Å². The first-order valence-corrected chi connectivity index (χ1v) is 14.4. The van der Waals surface area contributed by atoms with E-state index < -0.39 is 38.2 Å². The molecule has 0 spiro atoms. The molecule has 0 unspecified atom stereocenters. The second kappa shape index (κ2) is 14.0. The van der Waals surface area contributed by atoms with Gasteiger partial charge < -0.3 is 20.7 Å². The van der Waals surface area contributed by atoms with Crippen molar-refractivity contribution in [3.8, 4) is 11.5 Å². The Bertz CT molecular complexity index is 1540. The molecule has 0 saturated carbocycles. The number of carbonyl (C=O) groups excluding carboxylic acids is 2. The fourth-order valence-electron chi connectivity index (χ4n) is 3.52. The van der Waals surface area contributed by atoms with E-state index in [2.05, 4.69) is 32.8 Å². The van der Waals surface area contributed by atoms with E-state index >= 15 is 0 Å². The van der Waals surface area contributed by atoms with Gasteiger partial charge in [-0.25, -0.2) is 27.0 Å². The molecule has 0 atom stereocenters. The molecule has 3 rings (SSSR count). The van der Waals surface area contributed by atoms with Crippen LogP contribution in [0.4, 0.5) is 25.1 Å². The Hall–Kier alpha value is -4.36. The highest BCUT2D eigenvalue weighted by molar-refractivity contribution is 7.96. The van der Waals surface area contributed by atoms with Crippen LogP contribution in [-0.4, -0.2) is 49.7 Å². The number of halogens is 2. The number of aromatic nitrogens is 1. The van der Waals surface area contributed by atoms with Gasteiger partial charge in [0.05, 0.1) is 16.1 Å². The lowest BCUT2D eigenvalue weighted by atomic mass is 10.1. The number of imide groups is 1. The van der Waals surface area contributed by atoms with Crippen molar-refractivity contribution >= 4 is 33.3 Å². The SMILES string of the molecule is C=C(CNCCNc1cc(Oc2ccc(NC(=O)NC(=O)Cc3ccc(F)cc3)cc2F)ccn1)S(=O)(=O)C(C)(C)C. The van der Waals surface area contributed by atoms with Crippen LogP contribution in [0.25, 0.3) is 0 Å². The molecule has 0 aliphatic carbocycles. The van der Waals surface area contributed by atoms with Gasteiger partial charge in [-0.3, -0.25) is 10.1 Å². The summed E-state index contributed by atoms with van der Waals surface area (Å²) in [6, 6.07) is 11.3. The van der Waals surface area contributed by atoms with Crippen LogP contribution in [0.3, 0.4) is 0 Å². The Balaban J connectivity index is 1.46. The zero-order valence-corrected chi connectivity index (χ0v) is 24.3. The van der Waals surface area contributed by atoms with Crippen molar-refractivity contribution in [2.45, 2.75) is 31.9 Å². The number of anilines is 2. The fraction of sp³-hybridized carbons (Fsp3) is 0.276. The van der Waals surface area contributed by atoms with Crippen LogP contribution < -0.4 is 26.0 Å². The fourth-order valence-corrected chi connectivity index (χ4v) is 4.67. The Kier molecular flexibility index (Phi) is 10.7. The minimum absolute atomic E-state index is 0.0921. The molecule has 42 heavy (non-hydrogen) atoms. The molecule has 2 aromatic carbocycles. The topological polar surface area (TPSA) is 139 Å². The number of carbonyl (C=O) groups is 2. The molecule has 0 radical (unpaired) electrons. The molecule has 3 amide bonds. The van der Waals surface area contributed by atoms with Gasteiger partial charge in [-0.05, 0) is 56.7 Å². The summed E-state index contributed by atoms with van der Waals surface area (Å²) in [5, 5.41) is 10.6. The van der Waals surface area contributed by atoms with E-state index in [1.807, 2.05) is 0 Å². The Morgan fingerprint density at radius 3 is 2.38 bits per heavy atom. The summed E-state index contributed by atoms with van der Waals surface area (Å²) in [4.78, 5) is 28.5. The number of sulfone groups is 1. The maximum atomic E-state index is 14.7. The van der Waals surface area contributed by atoms with Crippen molar-refractivity contribution in [2.75, 3.05) is 30.3 Å². The summed E-state index contributed by atoms with van der Waals surface area (Å²) in [5.41, 5.74) is 0.616. The van der Waals surface area contributed by atoms with Gasteiger partial charge in [0.25, 0.3) is 0 Å². The van der Waals surface area contributed by atoms with E-state index in [0.717, 1.165) is 6.07 Å². The number of rotatable bonds is 12. The molecule has 0 fully saturated rings. The molecule has 0 aliphatic heterocycles.